The number of nitrogens with zero attached hydrogens (tertiary/aromatic N) is 1. The van der Waals surface area contributed by atoms with Crippen LogP contribution in [0.1, 0.15) is 27.7 Å². The highest BCUT2D eigenvalue weighted by molar-refractivity contribution is 8.34. The molecule has 0 amide bonds. The number of rotatable bonds is 6. The number of hydrogen-bond acceptors (Lipinski definition) is 1. The minimum absolute atomic E-state index is 0.211. The lowest BCUT2D eigenvalue weighted by atomic mass is 11.0. The molecule has 0 aliphatic carbocycles. The standard InChI is InChI=1S/C11H29NP2Si/c1-8-13(9-2)14(10-3,11-4)12-15(5,6)7/h8-11H2,1-7H3. The molecule has 0 fully saturated rings. The fourth-order valence-electron chi connectivity index (χ4n) is 2.14. The van der Waals surface area contributed by atoms with Crippen molar-refractivity contribution in [2.75, 3.05) is 24.6 Å². The normalized spacial score (nSPS) is 13.3. The van der Waals surface area contributed by atoms with E-state index < -0.39 is 15.0 Å². The Morgan fingerprint density at radius 2 is 1.33 bits per heavy atom. The van der Waals surface area contributed by atoms with E-state index in [2.05, 4.69) is 47.3 Å². The van der Waals surface area contributed by atoms with Crippen LogP contribution in [0.3, 0.4) is 0 Å². The van der Waals surface area contributed by atoms with Gasteiger partial charge in [-0.25, -0.2) is 0 Å². The van der Waals surface area contributed by atoms with Gasteiger partial charge in [0.1, 0.15) is 0 Å². The van der Waals surface area contributed by atoms with Gasteiger partial charge in [-0.3, -0.25) is 0 Å². The van der Waals surface area contributed by atoms with Crippen molar-refractivity contribution < 1.29 is 0 Å². The van der Waals surface area contributed by atoms with Gasteiger partial charge in [0.05, 0.1) is 0 Å². The first kappa shape index (κ1) is 15.9. The average Bonchev–Trinajstić information content (AvgIpc) is 2.16. The summed E-state index contributed by atoms with van der Waals surface area (Å²) in [5.41, 5.74) is 0. The molecule has 0 bridgehead atoms. The van der Waals surface area contributed by atoms with E-state index in [9.17, 15) is 0 Å². The third-order valence-corrected chi connectivity index (χ3v) is 18.5. The van der Waals surface area contributed by atoms with Crippen molar-refractivity contribution in [3.05, 3.63) is 0 Å². The molecule has 0 aromatic carbocycles. The molecule has 1 nitrogen and oxygen atoms in total. The van der Waals surface area contributed by atoms with Crippen LogP contribution in [0.4, 0.5) is 0 Å². The molecule has 0 saturated heterocycles. The Hall–Kier alpha value is 0.877. The molecule has 92 valence electrons. The summed E-state index contributed by atoms with van der Waals surface area (Å²) in [6.07, 6.45) is 5.47. The van der Waals surface area contributed by atoms with E-state index in [4.69, 9.17) is 4.41 Å². The second-order valence-corrected chi connectivity index (χ2v) is 19.3. The summed E-state index contributed by atoms with van der Waals surface area (Å²) in [6.45, 7) is 15.7. The van der Waals surface area contributed by atoms with Crippen LogP contribution in [0.25, 0.3) is 0 Å². The van der Waals surface area contributed by atoms with E-state index >= 15 is 0 Å². The van der Waals surface area contributed by atoms with Crippen LogP contribution < -0.4 is 0 Å². The summed E-state index contributed by atoms with van der Waals surface area (Å²) in [6, 6.07) is 0. The maximum atomic E-state index is 5.40. The lowest BCUT2D eigenvalue weighted by Crippen LogP contribution is -2.16. The zero-order valence-electron chi connectivity index (χ0n) is 11.7. The van der Waals surface area contributed by atoms with Crippen molar-refractivity contribution in [1.29, 1.82) is 0 Å². The molecule has 0 aromatic heterocycles. The quantitative estimate of drug-likeness (QED) is 0.444. The summed E-state index contributed by atoms with van der Waals surface area (Å²) in [7, 11) is -1.03. The second kappa shape index (κ2) is 6.57. The summed E-state index contributed by atoms with van der Waals surface area (Å²) in [5, 5.41) is 0. The molecule has 0 unspecified atom stereocenters. The van der Waals surface area contributed by atoms with Crippen molar-refractivity contribution in [2.24, 2.45) is 4.41 Å². The summed E-state index contributed by atoms with van der Waals surface area (Å²) < 4.78 is 5.40. The second-order valence-electron chi connectivity index (χ2n) is 4.92. The molecule has 0 atom stereocenters. The third-order valence-electron chi connectivity index (χ3n) is 2.76. The third kappa shape index (κ3) is 4.71. The lowest BCUT2D eigenvalue weighted by molar-refractivity contribution is 1.37. The Morgan fingerprint density at radius 1 is 0.933 bits per heavy atom. The van der Waals surface area contributed by atoms with Gasteiger partial charge >= 0.3 is 0 Å². The van der Waals surface area contributed by atoms with Crippen molar-refractivity contribution in [2.45, 2.75) is 47.3 Å². The highest BCUT2D eigenvalue weighted by atomic mass is 32.1. The molecule has 0 spiro atoms. The average molecular weight is 265 g/mol. The maximum absolute atomic E-state index is 5.40. The Balaban J connectivity index is 5.30. The summed E-state index contributed by atoms with van der Waals surface area (Å²) in [4.78, 5) is 0. The molecule has 15 heavy (non-hydrogen) atoms. The van der Waals surface area contributed by atoms with Gasteiger partial charge in [-0.05, 0) is 31.4 Å². The van der Waals surface area contributed by atoms with Gasteiger partial charge in [-0.15, -0.1) is 0 Å². The Bertz CT molecular complexity index is 221. The minimum Gasteiger partial charge on any atom is -0.334 e. The molecular formula is C11H29NP2Si. The van der Waals surface area contributed by atoms with E-state index in [0.717, 1.165) is 0 Å². The largest absolute Gasteiger partial charge is 0.334 e. The Labute approximate surface area is 99.2 Å². The summed E-state index contributed by atoms with van der Waals surface area (Å²) in [5.74, 6) is 0. The molecule has 0 aliphatic heterocycles. The monoisotopic (exact) mass is 265 g/mol. The van der Waals surface area contributed by atoms with Gasteiger partial charge in [0.15, 0.2) is 8.24 Å². The van der Waals surface area contributed by atoms with Crippen LogP contribution in [-0.2, 0) is 0 Å². The van der Waals surface area contributed by atoms with Crippen LogP contribution >= 0.6 is 14.4 Å². The van der Waals surface area contributed by atoms with E-state index in [1.807, 2.05) is 0 Å². The summed E-state index contributed by atoms with van der Waals surface area (Å²) >= 11 is 0. The van der Waals surface area contributed by atoms with Crippen LogP contribution in [0, 0.1) is 0 Å². The van der Waals surface area contributed by atoms with Crippen molar-refractivity contribution in [3.63, 3.8) is 0 Å². The lowest BCUT2D eigenvalue weighted by Gasteiger charge is -2.34. The van der Waals surface area contributed by atoms with Gasteiger partial charge in [0, 0.05) is 0 Å². The zero-order chi connectivity index (χ0) is 12.1. The molecule has 0 aromatic rings. The van der Waals surface area contributed by atoms with E-state index in [-0.39, 0.29) is 7.61 Å². The molecule has 0 radical (unpaired) electrons. The fraction of sp³-hybridized carbons (Fsp3) is 1.00. The molecule has 0 aliphatic rings. The van der Waals surface area contributed by atoms with Crippen molar-refractivity contribution in [1.82, 2.24) is 0 Å². The molecule has 0 N–H and O–H groups in total. The smallest absolute Gasteiger partial charge is 0.170 e. The first-order valence-electron chi connectivity index (χ1n) is 6.22. The van der Waals surface area contributed by atoms with Gasteiger partial charge in [0.2, 0.25) is 0 Å². The van der Waals surface area contributed by atoms with E-state index in [0.29, 0.717) is 0 Å². The first-order chi connectivity index (χ1) is 6.85. The fourth-order valence-corrected chi connectivity index (χ4v) is 20.1. The predicted octanol–water partition coefficient (Wildman–Crippen LogP) is 5.50. The highest BCUT2D eigenvalue weighted by Crippen LogP contribution is 2.77. The molecule has 4 heteroatoms. The topological polar surface area (TPSA) is 12.4 Å². The molecular weight excluding hydrogens is 236 g/mol. The molecule has 0 saturated carbocycles. The van der Waals surface area contributed by atoms with E-state index in [1.54, 1.807) is 0 Å². The van der Waals surface area contributed by atoms with Crippen molar-refractivity contribution >= 4 is 22.6 Å². The van der Waals surface area contributed by atoms with Crippen LogP contribution in [0.2, 0.25) is 19.6 Å². The van der Waals surface area contributed by atoms with E-state index in [1.165, 1.54) is 24.6 Å². The van der Waals surface area contributed by atoms with Gasteiger partial charge < -0.3 is 4.41 Å². The van der Waals surface area contributed by atoms with Gasteiger partial charge in [-0.2, -0.15) is 0 Å². The molecule has 0 heterocycles. The Morgan fingerprint density at radius 3 is 1.53 bits per heavy atom. The van der Waals surface area contributed by atoms with Crippen LogP contribution in [-0.4, -0.2) is 32.9 Å². The van der Waals surface area contributed by atoms with Crippen LogP contribution in [0.15, 0.2) is 4.41 Å². The van der Waals surface area contributed by atoms with Gasteiger partial charge in [-0.1, -0.05) is 54.9 Å². The van der Waals surface area contributed by atoms with Gasteiger partial charge in [0.25, 0.3) is 0 Å². The SMILES string of the molecule is CCP(CC)P(CC)(CC)=N[Si](C)(C)C. The Kier molecular flexibility index (Phi) is 6.96. The zero-order valence-corrected chi connectivity index (χ0v) is 14.5. The highest BCUT2D eigenvalue weighted by Gasteiger charge is 2.26. The van der Waals surface area contributed by atoms with Crippen molar-refractivity contribution in [3.8, 4) is 0 Å². The number of hydrogen-bond donors (Lipinski definition) is 0. The minimum atomic E-state index is -1.24. The van der Waals surface area contributed by atoms with Crippen LogP contribution in [0.5, 0.6) is 0 Å². The first-order valence-corrected chi connectivity index (χ1v) is 14.2. The maximum Gasteiger partial charge on any atom is 0.170 e. The predicted molar refractivity (Wildman–Crippen MR) is 81.8 cm³/mol. The molecule has 0 rings (SSSR count).